The highest BCUT2D eigenvalue weighted by Crippen LogP contribution is 2.21. The van der Waals surface area contributed by atoms with Crippen molar-refractivity contribution in [3.8, 4) is 5.75 Å². The summed E-state index contributed by atoms with van der Waals surface area (Å²) in [5.41, 5.74) is 5.94. The number of amides is 3. The predicted molar refractivity (Wildman–Crippen MR) is 180 cm³/mol. The van der Waals surface area contributed by atoms with Gasteiger partial charge in [0.05, 0.1) is 25.3 Å². The van der Waals surface area contributed by atoms with Gasteiger partial charge in [0.25, 0.3) is 0 Å². The van der Waals surface area contributed by atoms with Crippen LogP contribution in [-0.2, 0) is 35.1 Å². The number of carboxylic acids is 2. The number of alkyl halides is 3. The van der Waals surface area contributed by atoms with Gasteiger partial charge in [-0.3, -0.25) is 14.4 Å². The Morgan fingerprint density at radius 2 is 1.62 bits per heavy atom. The number of aliphatic carboxylic acids is 2. The van der Waals surface area contributed by atoms with E-state index < -0.39 is 65.5 Å². The summed E-state index contributed by atoms with van der Waals surface area (Å²) in [5, 5.41) is 22.3. The molecule has 0 bridgehead atoms. The zero-order valence-corrected chi connectivity index (χ0v) is 29.1. The maximum absolute atomic E-state index is 13.6. The number of carboxylic acid groups (broad SMARTS) is 2. The molecule has 0 aliphatic carbocycles. The first kappa shape index (κ1) is 43.0. The van der Waals surface area contributed by atoms with E-state index in [1.54, 1.807) is 62.4 Å². The van der Waals surface area contributed by atoms with Crippen LogP contribution in [0.25, 0.3) is 0 Å². The SMILES string of the molecule is CC[C@](C)(NC(=O)[C@@H](N)CCCCOC(=O)c1ccccc1)C(=O)N[C@@H](Cc1ccc(OC)cc1)C(=O)N1CCC[C@@H]1C(=O)O.O=C(O)C(F)(F)F. The summed E-state index contributed by atoms with van der Waals surface area (Å²) in [7, 11) is 1.54. The molecule has 0 unspecified atom stereocenters. The number of nitrogens with zero attached hydrogens (tertiary/aromatic N) is 1. The summed E-state index contributed by atoms with van der Waals surface area (Å²) in [6.07, 6.45) is -2.56. The molecule has 0 radical (unpaired) electrons. The second-order valence-electron chi connectivity index (χ2n) is 12.2. The van der Waals surface area contributed by atoms with E-state index in [0.29, 0.717) is 43.4 Å². The average molecular weight is 739 g/mol. The number of carbonyl (C=O) groups excluding carboxylic acids is 4. The molecule has 6 N–H and O–H groups in total. The predicted octanol–water partition coefficient (Wildman–Crippen LogP) is 3.07. The number of nitrogens with two attached hydrogens (primary N) is 1. The van der Waals surface area contributed by atoms with Crippen LogP contribution in [0.15, 0.2) is 54.6 Å². The summed E-state index contributed by atoms with van der Waals surface area (Å²) in [5.74, 6) is -5.26. The van der Waals surface area contributed by atoms with Crippen molar-refractivity contribution in [2.45, 2.75) is 88.6 Å². The number of rotatable bonds is 16. The molecular formula is C35H45F3N4O10. The second-order valence-corrected chi connectivity index (χ2v) is 12.2. The topological polar surface area (TPSA) is 215 Å². The van der Waals surface area contributed by atoms with Gasteiger partial charge in [0.2, 0.25) is 17.7 Å². The van der Waals surface area contributed by atoms with Gasteiger partial charge in [-0.2, -0.15) is 13.2 Å². The molecule has 0 saturated carbocycles. The van der Waals surface area contributed by atoms with E-state index in [0.717, 1.165) is 5.56 Å². The maximum Gasteiger partial charge on any atom is 0.490 e. The smallest absolute Gasteiger partial charge is 0.490 e. The monoisotopic (exact) mass is 738 g/mol. The van der Waals surface area contributed by atoms with Crippen LogP contribution < -0.4 is 21.1 Å². The first-order valence-electron chi connectivity index (χ1n) is 16.5. The van der Waals surface area contributed by atoms with Crippen LogP contribution in [0, 0.1) is 0 Å². The van der Waals surface area contributed by atoms with Gasteiger partial charge in [-0.25, -0.2) is 14.4 Å². The Bertz CT molecular complexity index is 1530. The minimum absolute atomic E-state index is 0.111. The second kappa shape index (κ2) is 20.0. The number of carbonyl (C=O) groups is 6. The first-order chi connectivity index (χ1) is 24.4. The number of unbranched alkanes of at least 4 members (excludes halogenated alkanes) is 1. The van der Waals surface area contributed by atoms with Gasteiger partial charge in [0.15, 0.2) is 0 Å². The average Bonchev–Trinajstić information content (AvgIpc) is 3.62. The molecule has 1 aliphatic rings. The van der Waals surface area contributed by atoms with E-state index in [1.165, 1.54) is 12.0 Å². The number of methoxy groups -OCH3 is 1. The summed E-state index contributed by atoms with van der Waals surface area (Å²) >= 11 is 0. The number of nitrogens with one attached hydrogen (secondary N) is 2. The van der Waals surface area contributed by atoms with Crippen molar-refractivity contribution in [1.82, 2.24) is 15.5 Å². The molecule has 1 aliphatic heterocycles. The lowest BCUT2D eigenvalue weighted by atomic mass is 9.95. The van der Waals surface area contributed by atoms with Gasteiger partial charge in [-0.05, 0) is 75.3 Å². The highest BCUT2D eigenvalue weighted by Gasteiger charge is 2.41. The third kappa shape index (κ3) is 13.2. The van der Waals surface area contributed by atoms with E-state index in [4.69, 9.17) is 25.1 Å². The normalized spacial score (nSPS) is 16.2. The van der Waals surface area contributed by atoms with Crippen LogP contribution in [0.2, 0.25) is 0 Å². The lowest BCUT2D eigenvalue weighted by Crippen LogP contribution is -2.63. The van der Waals surface area contributed by atoms with Gasteiger partial charge in [-0.1, -0.05) is 37.3 Å². The van der Waals surface area contributed by atoms with E-state index in [2.05, 4.69) is 10.6 Å². The number of ether oxygens (including phenoxy) is 2. The third-order valence-electron chi connectivity index (χ3n) is 8.36. The number of esters is 1. The first-order valence-corrected chi connectivity index (χ1v) is 16.5. The lowest BCUT2D eigenvalue weighted by Gasteiger charge is -2.33. The van der Waals surface area contributed by atoms with Gasteiger partial charge in [-0.15, -0.1) is 0 Å². The van der Waals surface area contributed by atoms with E-state index in [1.807, 2.05) is 6.07 Å². The van der Waals surface area contributed by atoms with Gasteiger partial charge in [0, 0.05) is 13.0 Å². The zero-order chi connectivity index (χ0) is 39.1. The van der Waals surface area contributed by atoms with Crippen molar-refractivity contribution >= 4 is 35.6 Å². The molecule has 14 nitrogen and oxygen atoms in total. The number of hydrogen-bond donors (Lipinski definition) is 5. The quantitative estimate of drug-likeness (QED) is 0.125. The third-order valence-corrected chi connectivity index (χ3v) is 8.36. The van der Waals surface area contributed by atoms with Crippen LogP contribution >= 0.6 is 0 Å². The molecule has 17 heteroatoms. The molecular weight excluding hydrogens is 693 g/mol. The minimum atomic E-state index is -5.08. The highest BCUT2D eigenvalue weighted by atomic mass is 19.4. The van der Waals surface area contributed by atoms with Crippen LogP contribution in [0.4, 0.5) is 13.2 Å². The lowest BCUT2D eigenvalue weighted by molar-refractivity contribution is -0.192. The van der Waals surface area contributed by atoms with Crippen molar-refractivity contribution in [3.63, 3.8) is 0 Å². The maximum atomic E-state index is 13.6. The standard InChI is InChI=1S/C33H44N4O8.C2HF3O2/c1-4-33(2,36-28(38)25(34)13-8-9-20-45-31(42)23-11-6-5-7-12-23)32(43)35-26(21-22-15-17-24(44-3)18-16-22)29(39)37-19-10-14-27(37)30(40)41;3-2(4,5)1(6)7/h5-7,11-12,15-18,25-27H,4,8-10,13-14,19-21,34H2,1-3H3,(H,35,43)(H,36,38)(H,40,41);(H,6,7)/t25-,26-,27+,33-;/m0./s1. The molecule has 1 fully saturated rings. The number of hydrogen-bond acceptors (Lipinski definition) is 9. The fraction of sp³-hybridized carbons (Fsp3) is 0.486. The number of benzene rings is 2. The molecule has 3 rings (SSSR count). The van der Waals surface area contributed by atoms with Crippen molar-refractivity contribution < 1.29 is 61.6 Å². The minimum Gasteiger partial charge on any atom is -0.497 e. The number of likely N-dealkylation sites (tertiary alicyclic amines) is 1. The van der Waals surface area contributed by atoms with Crippen LogP contribution in [0.5, 0.6) is 5.75 Å². The molecule has 3 amide bonds. The zero-order valence-electron chi connectivity index (χ0n) is 29.1. The molecule has 2 aromatic rings. The Labute approximate surface area is 298 Å². The fourth-order valence-corrected chi connectivity index (χ4v) is 5.09. The summed E-state index contributed by atoms with van der Waals surface area (Å²) in [6.45, 7) is 3.74. The van der Waals surface area contributed by atoms with Gasteiger partial charge < -0.3 is 41.0 Å². The Balaban J connectivity index is 0.00000121. The molecule has 2 aromatic carbocycles. The summed E-state index contributed by atoms with van der Waals surface area (Å²) in [4.78, 5) is 74.4. The van der Waals surface area contributed by atoms with Crippen LogP contribution in [0.1, 0.15) is 68.3 Å². The Morgan fingerprint density at radius 1 is 1.00 bits per heavy atom. The van der Waals surface area contributed by atoms with Crippen molar-refractivity contribution in [3.05, 3.63) is 65.7 Å². The van der Waals surface area contributed by atoms with Crippen molar-refractivity contribution in [1.29, 1.82) is 0 Å². The summed E-state index contributed by atoms with van der Waals surface area (Å²) in [6, 6.07) is 12.7. The van der Waals surface area contributed by atoms with Crippen LogP contribution in [-0.4, -0.2) is 101 Å². The molecule has 52 heavy (non-hydrogen) atoms. The molecule has 4 atom stereocenters. The van der Waals surface area contributed by atoms with Crippen molar-refractivity contribution in [2.24, 2.45) is 5.73 Å². The molecule has 0 spiro atoms. The van der Waals surface area contributed by atoms with E-state index >= 15 is 0 Å². The molecule has 1 heterocycles. The number of halogens is 3. The largest absolute Gasteiger partial charge is 0.497 e. The van der Waals surface area contributed by atoms with Gasteiger partial charge >= 0.3 is 24.1 Å². The Morgan fingerprint density at radius 3 is 2.15 bits per heavy atom. The van der Waals surface area contributed by atoms with Gasteiger partial charge in [0.1, 0.15) is 23.4 Å². The molecule has 286 valence electrons. The Hall–Kier alpha value is -5.19. The van der Waals surface area contributed by atoms with Crippen molar-refractivity contribution in [2.75, 3.05) is 20.3 Å². The fourth-order valence-electron chi connectivity index (χ4n) is 5.09. The Kier molecular flexibility index (Phi) is 16.5. The molecule has 0 aromatic heterocycles. The summed E-state index contributed by atoms with van der Waals surface area (Å²) < 4.78 is 42.2. The molecule has 1 saturated heterocycles. The van der Waals surface area contributed by atoms with E-state index in [-0.39, 0.29) is 26.0 Å². The van der Waals surface area contributed by atoms with E-state index in [9.17, 15) is 42.3 Å². The highest BCUT2D eigenvalue weighted by molar-refractivity contribution is 5.96. The van der Waals surface area contributed by atoms with Crippen LogP contribution in [0.3, 0.4) is 0 Å².